The summed E-state index contributed by atoms with van der Waals surface area (Å²) >= 11 is 0. The van der Waals surface area contributed by atoms with Crippen LogP contribution in [0.4, 0.5) is 0 Å². The summed E-state index contributed by atoms with van der Waals surface area (Å²) in [5, 5.41) is 11.3. The molecule has 0 aliphatic carbocycles. The van der Waals surface area contributed by atoms with Gasteiger partial charge in [-0.15, -0.1) is 0 Å². The summed E-state index contributed by atoms with van der Waals surface area (Å²) in [5.41, 5.74) is 3.04. The molecule has 1 heterocycles. The molecule has 0 amide bonds. The number of oxime groups is 1. The van der Waals surface area contributed by atoms with Crippen LogP contribution in [-0.2, 0) is 0 Å². The van der Waals surface area contributed by atoms with Crippen molar-refractivity contribution in [2.45, 2.75) is 0 Å². The van der Waals surface area contributed by atoms with E-state index >= 15 is 0 Å². The molecule has 3 nitrogen and oxygen atoms in total. The number of rotatable bonds is 2. The lowest BCUT2D eigenvalue weighted by molar-refractivity contribution is 0.322. The van der Waals surface area contributed by atoms with Crippen LogP contribution in [0.3, 0.4) is 0 Å². The molecule has 0 aliphatic rings. The molecule has 2 aromatic rings. The highest BCUT2D eigenvalue weighted by atomic mass is 16.4. The van der Waals surface area contributed by atoms with Crippen LogP contribution in [0.1, 0.15) is 5.56 Å². The Labute approximate surface area is 87.7 Å². The van der Waals surface area contributed by atoms with Crippen molar-refractivity contribution in [2.75, 3.05) is 0 Å². The van der Waals surface area contributed by atoms with Crippen LogP contribution in [0.2, 0.25) is 0 Å². The molecule has 15 heavy (non-hydrogen) atoms. The van der Waals surface area contributed by atoms with Crippen LogP contribution in [-0.4, -0.2) is 16.4 Å². The fraction of sp³-hybridized carbons (Fsp3) is 0. The van der Waals surface area contributed by atoms with Crippen LogP contribution in [0.5, 0.6) is 0 Å². The van der Waals surface area contributed by atoms with E-state index in [0.29, 0.717) is 0 Å². The van der Waals surface area contributed by atoms with Gasteiger partial charge in [0.1, 0.15) is 0 Å². The Morgan fingerprint density at radius 3 is 2.47 bits per heavy atom. The van der Waals surface area contributed by atoms with Crippen molar-refractivity contribution >= 4 is 6.21 Å². The second-order valence-electron chi connectivity index (χ2n) is 3.11. The fourth-order valence-corrected chi connectivity index (χ4v) is 1.36. The molecule has 0 saturated heterocycles. The van der Waals surface area contributed by atoms with Gasteiger partial charge in [0.25, 0.3) is 0 Å². The zero-order valence-corrected chi connectivity index (χ0v) is 8.04. The van der Waals surface area contributed by atoms with E-state index in [-0.39, 0.29) is 0 Å². The quantitative estimate of drug-likeness (QED) is 0.458. The highest BCUT2D eigenvalue weighted by molar-refractivity contribution is 5.80. The Kier molecular flexibility index (Phi) is 2.74. The smallest absolute Gasteiger partial charge is 0.0733 e. The monoisotopic (exact) mass is 198 g/mol. The van der Waals surface area contributed by atoms with Gasteiger partial charge in [0.2, 0.25) is 0 Å². The van der Waals surface area contributed by atoms with E-state index in [1.165, 1.54) is 6.21 Å². The normalized spacial score (nSPS) is 10.7. The average Bonchev–Trinajstić information content (AvgIpc) is 2.32. The maximum Gasteiger partial charge on any atom is 0.0733 e. The summed E-state index contributed by atoms with van der Waals surface area (Å²) in [7, 11) is 0. The van der Waals surface area contributed by atoms with E-state index in [0.717, 1.165) is 16.7 Å². The molecule has 2 rings (SSSR count). The first-order valence-electron chi connectivity index (χ1n) is 4.58. The Bertz CT molecular complexity index is 449. The lowest BCUT2D eigenvalue weighted by Gasteiger charge is -2.00. The minimum atomic E-state index is 0.866. The summed E-state index contributed by atoms with van der Waals surface area (Å²) in [6, 6.07) is 11.6. The molecule has 3 heteroatoms. The molecule has 0 atom stereocenters. The second kappa shape index (κ2) is 4.37. The number of pyridine rings is 1. The van der Waals surface area contributed by atoms with Gasteiger partial charge in [-0.05, 0) is 22.8 Å². The van der Waals surface area contributed by atoms with Crippen molar-refractivity contribution in [1.29, 1.82) is 0 Å². The molecule has 0 aliphatic heterocycles. The number of nitrogens with zero attached hydrogens (tertiary/aromatic N) is 2. The first-order chi connectivity index (χ1) is 7.40. The predicted molar refractivity (Wildman–Crippen MR) is 59.1 cm³/mol. The van der Waals surface area contributed by atoms with Gasteiger partial charge in [0.15, 0.2) is 0 Å². The van der Waals surface area contributed by atoms with Gasteiger partial charge in [-0.3, -0.25) is 4.98 Å². The largest absolute Gasteiger partial charge is 0.411 e. The van der Waals surface area contributed by atoms with E-state index in [1.54, 1.807) is 6.20 Å². The Balaban J connectivity index is 2.32. The Morgan fingerprint density at radius 2 is 1.87 bits per heavy atom. The Hall–Kier alpha value is -2.16. The minimum absolute atomic E-state index is 0.866. The van der Waals surface area contributed by atoms with Crippen LogP contribution < -0.4 is 0 Å². The van der Waals surface area contributed by atoms with Crippen molar-refractivity contribution in [2.24, 2.45) is 5.16 Å². The maximum absolute atomic E-state index is 8.37. The van der Waals surface area contributed by atoms with Crippen LogP contribution in [0.15, 0.2) is 53.9 Å². The van der Waals surface area contributed by atoms with Crippen LogP contribution >= 0.6 is 0 Å². The topological polar surface area (TPSA) is 45.5 Å². The molecule has 0 unspecified atom stereocenters. The third-order valence-electron chi connectivity index (χ3n) is 2.11. The van der Waals surface area contributed by atoms with E-state index in [1.807, 2.05) is 42.6 Å². The average molecular weight is 198 g/mol. The van der Waals surface area contributed by atoms with E-state index < -0.39 is 0 Å². The molecule has 1 aromatic carbocycles. The van der Waals surface area contributed by atoms with Gasteiger partial charge in [-0.1, -0.05) is 35.5 Å². The number of hydrogen-bond donors (Lipinski definition) is 1. The molecular weight excluding hydrogens is 188 g/mol. The highest BCUT2D eigenvalue weighted by Gasteiger charge is 1.96. The van der Waals surface area contributed by atoms with Crippen molar-refractivity contribution in [3.05, 3.63) is 54.4 Å². The molecule has 0 spiro atoms. The van der Waals surface area contributed by atoms with Gasteiger partial charge in [0, 0.05) is 12.4 Å². The van der Waals surface area contributed by atoms with Gasteiger partial charge in [-0.25, -0.2) is 0 Å². The lowest BCUT2D eigenvalue weighted by Crippen LogP contribution is -1.82. The predicted octanol–water partition coefficient (Wildman–Crippen LogP) is 2.56. The van der Waals surface area contributed by atoms with E-state index in [4.69, 9.17) is 5.21 Å². The second-order valence-corrected chi connectivity index (χ2v) is 3.11. The highest BCUT2D eigenvalue weighted by Crippen LogP contribution is 2.17. The third kappa shape index (κ3) is 2.20. The fourth-order valence-electron chi connectivity index (χ4n) is 1.36. The zero-order valence-electron chi connectivity index (χ0n) is 8.04. The van der Waals surface area contributed by atoms with E-state index in [9.17, 15) is 0 Å². The summed E-state index contributed by atoms with van der Waals surface area (Å²) in [5.74, 6) is 0. The minimum Gasteiger partial charge on any atom is -0.411 e. The SMILES string of the molecule is O/N=C\c1ccc(-c2cccnc2)cc1. The number of aromatic nitrogens is 1. The number of hydrogen-bond acceptors (Lipinski definition) is 3. The number of benzene rings is 1. The van der Waals surface area contributed by atoms with Gasteiger partial charge >= 0.3 is 0 Å². The summed E-state index contributed by atoms with van der Waals surface area (Å²) in [6.07, 6.45) is 4.96. The van der Waals surface area contributed by atoms with Crippen LogP contribution in [0, 0.1) is 0 Å². The molecule has 1 aromatic heterocycles. The Morgan fingerprint density at radius 1 is 1.07 bits per heavy atom. The lowest BCUT2D eigenvalue weighted by atomic mass is 10.1. The summed E-state index contributed by atoms with van der Waals surface area (Å²) in [6.45, 7) is 0. The van der Waals surface area contributed by atoms with Crippen molar-refractivity contribution in [1.82, 2.24) is 4.98 Å². The van der Waals surface area contributed by atoms with Gasteiger partial charge < -0.3 is 5.21 Å². The van der Waals surface area contributed by atoms with Crippen LogP contribution in [0.25, 0.3) is 11.1 Å². The standard InChI is InChI=1S/C12H10N2O/c15-14-8-10-3-5-11(6-4-10)12-2-1-7-13-9-12/h1-9,15H/b14-8-. The van der Waals surface area contributed by atoms with Crippen molar-refractivity contribution in [3.8, 4) is 11.1 Å². The van der Waals surface area contributed by atoms with Crippen molar-refractivity contribution in [3.63, 3.8) is 0 Å². The van der Waals surface area contributed by atoms with E-state index in [2.05, 4.69) is 10.1 Å². The molecule has 0 fully saturated rings. The molecule has 0 saturated carbocycles. The molecule has 1 N–H and O–H groups in total. The molecule has 0 bridgehead atoms. The van der Waals surface area contributed by atoms with Gasteiger partial charge in [-0.2, -0.15) is 0 Å². The summed E-state index contributed by atoms with van der Waals surface area (Å²) < 4.78 is 0. The maximum atomic E-state index is 8.37. The first-order valence-corrected chi connectivity index (χ1v) is 4.58. The third-order valence-corrected chi connectivity index (χ3v) is 2.11. The first kappa shape index (κ1) is 9.40. The van der Waals surface area contributed by atoms with Gasteiger partial charge in [0.05, 0.1) is 6.21 Å². The molecule has 74 valence electrons. The molecule has 0 radical (unpaired) electrons. The molecular formula is C12H10N2O. The summed E-state index contributed by atoms with van der Waals surface area (Å²) in [4.78, 5) is 4.05. The zero-order chi connectivity index (χ0) is 10.5. The van der Waals surface area contributed by atoms with Crippen molar-refractivity contribution < 1.29 is 5.21 Å².